The van der Waals surface area contributed by atoms with E-state index in [1.165, 1.54) is 0 Å². The van der Waals surface area contributed by atoms with Gasteiger partial charge in [0, 0.05) is 0 Å². The minimum absolute atomic E-state index is 0.164. The van der Waals surface area contributed by atoms with Gasteiger partial charge in [0.25, 0.3) is 0 Å². The van der Waals surface area contributed by atoms with Crippen LogP contribution in [0.4, 0.5) is 0 Å². The van der Waals surface area contributed by atoms with Crippen molar-refractivity contribution < 1.29 is 9.53 Å². The number of nitrogens with two attached hydrogens (primary N) is 1. The molecule has 0 bridgehead atoms. The quantitative estimate of drug-likeness (QED) is 0.521. The summed E-state index contributed by atoms with van der Waals surface area (Å²) in [4.78, 5) is 11.3. The molecule has 2 atom stereocenters. The van der Waals surface area contributed by atoms with Gasteiger partial charge in [-0.25, -0.2) is 0 Å². The average molecular weight is 185 g/mol. The van der Waals surface area contributed by atoms with Crippen LogP contribution >= 0.6 is 0 Å². The number of esters is 1. The number of hydrogen-bond donors (Lipinski definition) is 1. The molecule has 76 valence electrons. The van der Waals surface area contributed by atoms with Gasteiger partial charge < -0.3 is 10.5 Å². The van der Waals surface area contributed by atoms with Gasteiger partial charge in [0.15, 0.2) is 0 Å². The number of carbonyl (C=O) groups is 1. The molecule has 3 heteroatoms. The molecule has 0 rings (SSSR count). The third-order valence-electron chi connectivity index (χ3n) is 1.99. The molecule has 0 spiro atoms. The van der Waals surface area contributed by atoms with Crippen molar-refractivity contribution in [1.29, 1.82) is 0 Å². The lowest BCUT2D eigenvalue weighted by molar-refractivity contribution is -0.145. The van der Waals surface area contributed by atoms with Crippen LogP contribution in [-0.4, -0.2) is 18.6 Å². The maximum Gasteiger partial charge on any atom is 0.323 e. The van der Waals surface area contributed by atoms with Crippen molar-refractivity contribution >= 4 is 5.97 Å². The summed E-state index contributed by atoms with van der Waals surface area (Å²) in [6.07, 6.45) is 0.878. The summed E-state index contributed by atoms with van der Waals surface area (Å²) >= 11 is 0. The molecule has 3 nitrogen and oxygen atoms in total. The Labute approximate surface area is 79.9 Å². The molecule has 2 N–H and O–H groups in total. The summed E-state index contributed by atoms with van der Waals surface area (Å²) in [6, 6.07) is -0.510. The highest BCUT2D eigenvalue weighted by Crippen LogP contribution is 2.07. The van der Waals surface area contributed by atoms with Crippen LogP contribution in [0.25, 0.3) is 0 Å². The van der Waals surface area contributed by atoms with Crippen molar-refractivity contribution in [3.05, 3.63) is 12.2 Å². The Hall–Kier alpha value is -0.830. The lowest BCUT2D eigenvalue weighted by atomic mass is 10.0. The van der Waals surface area contributed by atoms with Gasteiger partial charge >= 0.3 is 5.97 Å². The summed E-state index contributed by atoms with van der Waals surface area (Å²) in [5, 5.41) is 0. The first-order valence-electron chi connectivity index (χ1n) is 4.55. The van der Waals surface area contributed by atoms with Crippen molar-refractivity contribution in [1.82, 2.24) is 0 Å². The Kier molecular flexibility index (Phi) is 5.39. The topological polar surface area (TPSA) is 52.3 Å². The fraction of sp³-hybridized carbons (Fsp3) is 0.700. The van der Waals surface area contributed by atoms with Crippen LogP contribution in [0.15, 0.2) is 12.2 Å². The van der Waals surface area contributed by atoms with Gasteiger partial charge in [0.1, 0.15) is 12.6 Å². The second-order valence-electron chi connectivity index (χ2n) is 3.48. The number of rotatable bonds is 5. The Bertz CT molecular complexity index is 189. The number of hydrogen-bond acceptors (Lipinski definition) is 3. The SMILES string of the molecule is C=C(C)COC(=O)[C@@H](N)[C@@H](C)CC. The van der Waals surface area contributed by atoms with Crippen LogP contribution in [0.5, 0.6) is 0 Å². The summed E-state index contributed by atoms with van der Waals surface area (Å²) in [5.41, 5.74) is 6.48. The molecule has 0 aliphatic heterocycles. The van der Waals surface area contributed by atoms with Crippen LogP contribution in [0.3, 0.4) is 0 Å². The summed E-state index contributed by atoms with van der Waals surface area (Å²) in [5.74, 6) is -0.171. The Morgan fingerprint density at radius 2 is 2.15 bits per heavy atom. The minimum atomic E-state index is -0.510. The molecule has 13 heavy (non-hydrogen) atoms. The third-order valence-corrected chi connectivity index (χ3v) is 1.99. The highest BCUT2D eigenvalue weighted by molar-refractivity contribution is 5.75. The van der Waals surface area contributed by atoms with E-state index in [4.69, 9.17) is 10.5 Å². The maximum absolute atomic E-state index is 11.3. The average Bonchev–Trinajstić information content (AvgIpc) is 2.11. The van der Waals surface area contributed by atoms with Crippen molar-refractivity contribution in [3.8, 4) is 0 Å². The predicted molar refractivity (Wildman–Crippen MR) is 53.2 cm³/mol. The zero-order chi connectivity index (χ0) is 10.4. The van der Waals surface area contributed by atoms with Crippen LogP contribution in [0, 0.1) is 5.92 Å². The Morgan fingerprint density at radius 1 is 1.62 bits per heavy atom. The molecule has 0 unspecified atom stereocenters. The lowest BCUT2D eigenvalue weighted by Gasteiger charge is -2.16. The highest BCUT2D eigenvalue weighted by Gasteiger charge is 2.20. The first-order chi connectivity index (χ1) is 5.99. The fourth-order valence-corrected chi connectivity index (χ4v) is 0.777. The highest BCUT2D eigenvalue weighted by atomic mass is 16.5. The van der Waals surface area contributed by atoms with E-state index in [0.717, 1.165) is 12.0 Å². The van der Waals surface area contributed by atoms with Gasteiger partial charge in [-0.1, -0.05) is 26.8 Å². The van der Waals surface area contributed by atoms with E-state index >= 15 is 0 Å². The van der Waals surface area contributed by atoms with Crippen LogP contribution in [0.2, 0.25) is 0 Å². The van der Waals surface area contributed by atoms with Crippen molar-refractivity contribution in [2.45, 2.75) is 33.2 Å². The molecule has 0 aromatic heterocycles. The fourth-order valence-electron chi connectivity index (χ4n) is 0.777. The first-order valence-corrected chi connectivity index (χ1v) is 4.55. The molecule has 0 aliphatic rings. The van der Waals surface area contributed by atoms with E-state index in [0.29, 0.717) is 0 Å². The summed E-state index contributed by atoms with van der Waals surface area (Å²) < 4.78 is 4.92. The molecule has 0 aromatic carbocycles. The molecule has 0 fully saturated rings. The zero-order valence-corrected chi connectivity index (χ0v) is 8.67. The second kappa shape index (κ2) is 5.75. The molecule has 0 aliphatic carbocycles. The van der Waals surface area contributed by atoms with Crippen molar-refractivity contribution in [2.24, 2.45) is 11.7 Å². The third kappa shape index (κ3) is 4.68. The second-order valence-corrected chi connectivity index (χ2v) is 3.48. The first kappa shape index (κ1) is 12.2. The van der Waals surface area contributed by atoms with Crippen molar-refractivity contribution in [2.75, 3.05) is 6.61 Å². The largest absolute Gasteiger partial charge is 0.460 e. The van der Waals surface area contributed by atoms with Gasteiger partial charge in [0.2, 0.25) is 0 Å². The Morgan fingerprint density at radius 3 is 2.54 bits per heavy atom. The van der Waals surface area contributed by atoms with Gasteiger partial charge in [0.05, 0.1) is 0 Å². The molecular weight excluding hydrogens is 166 g/mol. The minimum Gasteiger partial charge on any atom is -0.460 e. The maximum atomic E-state index is 11.3. The van der Waals surface area contributed by atoms with Gasteiger partial charge in [-0.05, 0) is 18.4 Å². The molecular formula is C10H19NO2. The van der Waals surface area contributed by atoms with Crippen LogP contribution in [-0.2, 0) is 9.53 Å². The molecule has 0 saturated heterocycles. The van der Waals surface area contributed by atoms with E-state index in [2.05, 4.69) is 6.58 Å². The van der Waals surface area contributed by atoms with Gasteiger partial charge in [-0.15, -0.1) is 0 Å². The number of ether oxygens (including phenoxy) is 1. The van der Waals surface area contributed by atoms with Crippen molar-refractivity contribution in [3.63, 3.8) is 0 Å². The Balaban J connectivity index is 3.89. The van der Waals surface area contributed by atoms with Crippen LogP contribution in [0.1, 0.15) is 27.2 Å². The molecule has 0 radical (unpaired) electrons. The van der Waals surface area contributed by atoms with Crippen LogP contribution < -0.4 is 5.73 Å². The normalized spacial score (nSPS) is 14.8. The predicted octanol–water partition coefficient (Wildman–Crippen LogP) is 1.48. The lowest BCUT2D eigenvalue weighted by Crippen LogP contribution is -2.38. The molecule has 0 saturated carbocycles. The summed E-state index contributed by atoms with van der Waals surface area (Å²) in [7, 11) is 0. The van der Waals surface area contributed by atoms with E-state index < -0.39 is 6.04 Å². The molecule has 0 amide bonds. The summed E-state index contributed by atoms with van der Waals surface area (Å²) in [6.45, 7) is 9.64. The standard InChI is InChI=1S/C10H19NO2/c1-5-8(4)9(11)10(12)13-6-7(2)3/h8-9H,2,5-6,11H2,1,3-4H3/t8-,9-/m0/s1. The van der Waals surface area contributed by atoms with Gasteiger partial charge in [-0.3, -0.25) is 4.79 Å². The van der Waals surface area contributed by atoms with E-state index in [1.807, 2.05) is 20.8 Å². The number of carbonyl (C=O) groups excluding carboxylic acids is 1. The van der Waals surface area contributed by atoms with E-state index in [-0.39, 0.29) is 18.5 Å². The zero-order valence-electron chi connectivity index (χ0n) is 8.67. The molecule has 0 heterocycles. The monoisotopic (exact) mass is 185 g/mol. The van der Waals surface area contributed by atoms with E-state index in [9.17, 15) is 4.79 Å². The molecule has 0 aromatic rings. The van der Waals surface area contributed by atoms with Gasteiger partial charge in [-0.2, -0.15) is 0 Å². The van der Waals surface area contributed by atoms with E-state index in [1.54, 1.807) is 0 Å². The smallest absolute Gasteiger partial charge is 0.323 e.